The van der Waals surface area contributed by atoms with E-state index >= 15 is 0 Å². The van der Waals surface area contributed by atoms with Crippen LogP contribution in [0.5, 0.6) is 5.75 Å². The van der Waals surface area contributed by atoms with E-state index < -0.39 is 0 Å². The van der Waals surface area contributed by atoms with Gasteiger partial charge in [-0.05, 0) is 60.6 Å². The maximum Gasteiger partial charge on any atom is 0.247 e. The third-order valence-corrected chi connectivity index (χ3v) is 5.04. The molecule has 5 heteroatoms. The van der Waals surface area contributed by atoms with Gasteiger partial charge in [0.2, 0.25) is 11.8 Å². The summed E-state index contributed by atoms with van der Waals surface area (Å²) in [6, 6.07) is 22.6. The molecule has 1 unspecified atom stereocenters. The van der Waals surface area contributed by atoms with Gasteiger partial charge in [0.05, 0.1) is 13.2 Å². The minimum Gasteiger partial charge on any atom is -0.497 e. The smallest absolute Gasteiger partial charge is 0.247 e. The van der Waals surface area contributed by atoms with Crippen molar-refractivity contribution in [3.63, 3.8) is 0 Å². The van der Waals surface area contributed by atoms with Gasteiger partial charge in [-0.25, -0.2) is 0 Å². The lowest BCUT2D eigenvalue weighted by Crippen LogP contribution is -2.22. The van der Waals surface area contributed by atoms with Crippen molar-refractivity contribution in [2.45, 2.75) is 19.5 Å². The van der Waals surface area contributed by atoms with Gasteiger partial charge in [-0.1, -0.05) is 36.4 Å². The summed E-state index contributed by atoms with van der Waals surface area (Å²) in [5.74, 6) is 1.92. The minimum atomic E-state index is 0.00553. The van der Waals surface area contributed by atoms with Gasteiger partial charge in [0.15, 0.2) is 0 Å². The van der Waals surface area contributed by atoms with Gasteiger partial charge in [0.1, 0.15) is 5.75 Å². The third kappa shape index (κ3) is 3.75. The predicted molar refractivity (Wildman–Crippen MR) is 110 cm³/mol. The monoisotopic (exact) mass is 373 g/mol. The quantitative estimate of drug-likeness (QED) is 0.471. The maximum absolute atomic E-state index is 5.93. The fourth-order valence-corrected chi connectivity index (χ4v) is 3.20. The number of hydrogen-bond donors (Lipinski definition) is 0. The molecule has 0 bridgehead atoms. The molecule has 0 saturated carbocycles. The van der Waals surface area contributed by atoms with Crippen LogP contribution in [0.4, 0.5) is 0 Å². The predicted octanol–water partition coefficient (Wildman–Crippen LogP) is 5.09. The van der Waals surface area contributed by atoms with E-state index in [9.17, 15) is 0 Å². The number of rotatable bonds is 6. The normalized spacial score (nSPS) is 12.4. The second-order valence-electron chi connectivity index (χ2n) is 6.95. The van der Waals surface area contributed by atoms with Crippen LogP contribution in [0.25, 0.3) is 22.2 Å². The van der Waals surface area contributed by atoms with Crippen molar-refractivity contribution < 1.29 is 9.15 Å². The number of nitrogens with zero attached hydrogens (tertiary/aromatic N) is 3. The standard InChI is InChI=1S/C23H23N3O2/c1-16(22-24-25-23(28-22)19-10-12-21(27-3)13-11-19)26(2)15-17-8-9-18-6-4-5-7-20(18)14-17/h4-14,16H,15H2,1-3H3. The highest BCUT2D eigenvalue weighted by Gasteiger charge is 2.19. The average molecular weight is 373 g/mol. The minimum absolute atomic E-state index is 0.00553. The summed E-state index contributed by atoms with van der Waals surface area (Å²) in [4.78, 5) is 2.20. The van der Waals surface area contributed by atoms with Gasteiger partial charge in [-0.3, -0.25) is 4.90 Å². The molecule has 142 valence electrons. The van der Waals surface area contributed by atoms with Crippen LogP contribution in [0.2, 0.25) is 0 Å². The first-order valence-corrected chi connectivity index (χ1v) is 9.30. The summed E-state index contributed by atoms with van der Waals surface area (Å²) in [7, 11) is 3.71. The molecule has 28 heavy (non-hydrogen) atoms. The van der Waals surface area contributed by atoms with Gasteiger partial charge >= 0.3 is 0 Å². The molecule has 1 heterocycles. The zero-order valence-electron chi connectivity index (χ0n) is 16.3. The molecule has 0 aliphatic rings. The number of methoxy groups -OCH3 is 1. The van der Waals surface area contributed by atoms with Crippen molar-refractivity contribution in [2.24, 2.45) is 0 Å². The van der Waals surface area contributed by atoms with E-state index in [-0.39, 0.29) is 6.04 Å². The number of ether oxygens (including phenoxy) is 1. The molecule has 0 saturated heterocycles. The highest BCUT2D eigenvalue weighted by molar-refractivity contribution is 5.82. The summed E-state index contributed by atoms with van der Waals surface area (Å²) in [6.07, 6.45) is 0. The third-order valence-electron chi connectivity index (χ3n) is 5.04. The molecule has 5 nitrogen and oxygen atoms in total. The molecule has 0 fully saturated rings. The number of hydrogen-bond acceptors (Lipinski definition) is 5. The van der Waals surface area contributed by atoms with Crippen LogP contribution in [0.3, 0.4) is 0 Å². The molecule has 4 aromatic rings. The van der Waals surface area contributed by atoms with Crippen LogP contribution in [-0.2, 0) is 6.54 Å². The Labute approximate surface area is 164 Å². The van der Waals surface area contributed by atoms with Crippen molar-refractivity contribution in [2.75, 3.05) is 14.2 Å². The number of aromatic nitrogens is 2. The van der Waals surface area contributed by atoms with Crippen molar-refractivity contribution in [3.8, 4) is 17.2 Å². The summed E-state index contributed by atoms with van der Waals surface area (Å²) in [5.41, 5.74) is 2.13. The SMILES string of the molecule is COc1ccc(-c2nnc(C(C)N(C)Cc3ccc4ccccc4c3)o2)cc1. The highest BCUT2D eigenvalue weighted by atomic mass is 16.5. The van der Waals surface area contributed by atoms with Crippen LogP contribution in [-0.4, -0.2) is 29.3 Å². The van der Waals surface area contributed by atoms with E-state index in [0.29, 0.717) is 11.8 Å². The average Bonchev–Trinajstić information content (AvgIpc) is 3.23. The Morgan fingerprint density at radius 2 is 1.71 bits per heavy atom. The Kier molecular flexibility index (Phi) is 5.08. The maximum atomic E-state index is 5.93. The van der Waals surface area contributed by atoms with E-state index in [1.165, 1.54) is 16.3 Å². The van der Waals surface area contributed by atoms with Crippen LogP contribution in [0.1, 0.15) is 24.4 Å². The van der Waals surface area contributed by atoms with Crippen LogP contribution in [0.15, 0.2) is 71.1 Å². The van der Waals surface area contributed by atoms with E-state index in [1.807, 2.05) is 24.3 Å². The van der Waals surface area contributed by atoms with Gasteiger partial charge in [0.25, 0.3) is 0 Å². The fraction of sp³-hybridized carbons (Fsp3) is 0.217. The molecule has 4 rings (SSSR count). The molecule has 3 aromatic carbocycles. The zero-order valence-corrected chi connectivity index (χ0v) is 16.3. The Hall–Kier alpha value is -3.18. The van der Waals surface area contributed by atoms with Crippen LogP contribution < -0.4 is 4.74 Å². The van der Waals surface area contributed by atoms with Gasteiger partial charge in [-0.15, -0.1) is 10.2 Å². The number of benzene rings is 3. The first-order chi connectivity index (χ1) is 13.6. The molecule has 0 aliphatic heterocycles. The summed E-state index contributed by atoms with van der Waals surface area (Å²) >= 11 is 0. The number of fused-ring (bicyclic) bond motifs is 1. The van der Waals surface area contributed by atoms with Gasteiger partial charge in [-0.2, -0.15) is 0 Å². The van der Waals surface area contributed by atoms with Crippen LogP contribution in [0, 0.1) is 0 Å². The summed E-state index contributed by atoms with van der Waals surface area (Å²) in [6.45, 7) is 2.87. The second kappa shape index (κ2) is 7.82. The van der Waals surface area contributed by atoms with E-state index in [2.05, 4.69) is 71.5 Å². The topological polar surface area (TPSA) is 51.4 Å². The largest absolute Gasteiger partial charge is 0.497 e. The first-order valence-electron chi connectivity index (χ1n) is 9.30. The summed E-state index contributed by atoms with van der Waals surface area (Å²) in [5, 5.41) is 11.0. The highest BCUT2D eigenvalue weighted by Crippen LogP contribution is 2.26. The van der Waals surface area contributed by atoms with Crippen molar-refractivity contribution in [3.05, 3.63) is 78.2 Å². The van der Waals surface area contributed by atoms with Crippen molar-refractivity contribution in [1.82, 2.24) is 15.1 Å². The lowest BCUT2D eigenvalue weighted by atomic mass is 10.1. The van der Waals surface area contributed by atoms with Gasteiger partial charge < -0.3 is 9.15 Å². The Balaban J connectivity index is 1.48. The Bertz CT molecular complexity index is 1070. The molecule has 1 atom stereocenters. The molecule has 0 amide bonds. The van der Waals surface area contributed by atoms with Gasteiger partial charge in [0, 0.05) is 12.1 Å². The molecule has 0 spiro atoms. The first kappa shape index (κ1) is 18.2. The molecule has 1 aromatic heterocycles. The van der Waals surface area contributed by atoms with E-state index in [0.717, 1.165) is 17.9 Å². The summed E-state index contributed by atoms with van der Waals surface area (Å²) < 4.78 is 11.1. The zero-order chi connectivity index (χ0) is 19.5. The van der Waals surface area contributed by atoms with Crippen LogP contribution >= 0.6 is 0 Å². The molecule has 0 radical (unpaired) electrons. The lowest BCUT2D eigenvalue weighted by Gasteiger charge is -2.22. The van der Waals surface area contributed by atoms with Crippen molar-refractivity contribution >= 4 is 10.8 Å². The fourth-order valence-electron chi connectivity index (χ4n) is 3.20. The second-order valence-corrected chi connectivity index (χ2v) is 6.95. The Morgan fingerprint density at radius 3 is 2.46 bits per heavy atom. The molecular weight excluding hydrogens is 350 g/mol. The molecule has 0 N–H and O–H groups in total. The van der Waals surface area contributed by atoms with E-state index in [1.54, 1.807) is 7.11 Å². The van der Waals surface area contributed by atoms with Crippen molar-refractivity contribution in [1.29, 1.82) is 0 Å². The van der Waals surface area contributed by atoms with E-state index in [4.69, 9.17) is 9.15 Å². The molecular formula is C23H23N3O2. The Morgan fingerprint density at radius 1 is 0.964 bits per heavy atom. The molecule has 0 aliphatic carbocycles. The lowest BCUT2D eigenvalue weighted by molar-refractivity contribution is 0.218.